The average molecular weight is 799 g/mol. The molecule has 0 saturated carbocycles. The topological polar surface area (TPSA) is 167 Å². The Morgan fingerprint density at radius 2 is 1.72 bits per heavy atom. The number of carbonyl (C=O) groups is 4. The van der Waals surface area contributed by atoms with Gasteiger partial charge in [0.25, 0.3) is 5.91 Å². The van der Waals surface area contributed by atoms with Crippen LogP contribution in [0.2, 0.25) is 0 Å². The molecular formula is C46H62N4O8. The van der Waals surface area contributed by atoms with E-state index in [9.17, 15) is 29.4 Å². The maximum Gasteiger partial charge on any atom is 0.302 e. The van der Waals surface area contributed by atoms with Gasteiger partial charge < -0.3 is 35.2 Å². The van der Waals surface area contributed by atoms with E-state index in [1.54, 1.807) is 32.9 Å². The summed E-state index contributed by atoms with van der Waals surface area (Å²) < 4.78 is 12.3. The number of phenolic OH excluding ortho intramolecular Hbond substituents is 1. The smallest absolute Gasteiger partial charge is 0.302 e. The van der Waals surface area contributed by atoms with Gasteiger partial charge in [-0.25, -0.2) is 0 Å². The molecule has 1 amide bonds. The number of nitrogens with zero attached hydrogens (tertiary/aromatic N) is 2. The number of amides is 1. The number of fused-ring (bicyclic) bond motifs is 13. The first kappa shape index (κ1) is 43.0. The molecule has 0 radical (unpaired) electrons. The lowest BCUT2D eigenvalue weighted by Gasteiger charge is -2.38. The Hall–Kier alpha value is -4.55. The molecule has 1 aliphatic carbocycles. The summed E-state index contributed by atoms with van der Waals surface area (Å²) in [6, 6.07) is 0. The number of esters is 1. The second-order valence-corrected chi connectivity index (χ2v) is 18.2. The van der Waals surface area contributed by atoms with Gasteiger partial charge in [0.05, 0.1) is 28.6 Å². The van der Waals surface area contributed by atoms with Gasteiger partial charge in [-0.2, -0.15) is 0 Å². The molecule has 7 rings (SSSR count). The lowest BCUT2D eigenvalue weighted by Crippen LogP contribution is -2.50. The van der Waals surface area contributed by atoms with Gasteiger partial charge in [-0.15, -0.1) is 0 Å². The number of hydrogen-bond acceptors (Lipinski definition) is 11. The van der Waals surface area contributed by atoms with E-state index in [1.807, 2.05) is 45.9 Å². The summed E-state index contributed by atoms with van der Waals surface area (Å²) in [5.41, 5.74) is -0.557. The molecule has 1 spiro atoms. The Balaban J connectivity index is 1.45. The van der Waals surface area contributed by atoms with Crippen LogP contribution in [0, 0.1) is 36.5 Å². The van der Waals surface area contributed by atoms with E-state index in [4.69, 9.17) is 14.5 Å². The molecule has 0 unspecified atom stereocenters. The Bertz CT molecular complexity index is 2020. The molecule has 314 valence electrons. The van der Waals surface area contributed by atoms with Gasteiger partial charge in [0.2, 0.25) is 11.6 Å². The van der Waals surface area contributed by atoms with E-state index < -0.39 is 41.1 Å². The van der Waals surface area contributed by atoms with E-state index in [0.717, 1.165) is 19.6 Å². The molecule has 1 saturated heterocycles. The number of piperidine rings is 1. The van der Waals surface area contributed by atoms with Crippen molar-refractivity contribution in [2.45, 2.75) is 125 Å². The fourth-order valence-corrected chi connectivity index (χ4v) is 9.36. The second-order valence-electron chi connectivity index (χ2n) is 18.2. The lowest BCUT2D eigenvalue weighted by molar-refractivity contribution is -0.156. The van der Waals surface area contributed by atoms with Crippen molar-refractivity contribution in [2.24, 2.45) is 34.6 Å². The standard InChI is InChI=1S/C46H62N4O8/c1-24(2)23-50-20-18-46(19-21-50)48-35-32-33-39(53)30(8)42-34(32)43(55)45(10,58-42)17-12-11-15-26(4)41(57-31(9)51)29(7)38(52)28(6)22-25(3)14-13-16-27(5)44(56)47-37(40(33)54)36(35)49-46/h11-14,16,24-26,28-29,38,41,49,52-53H,15,17-23H2,1-10H3,(H,47,56)/b12-11+,14-13+,27-16-/t25-,26+,28+,29+,38+,41+,45+/m0/s1. The number of rotatable bonds is 3. The zero-order chi connectivity index (χ0) is 42.4. The number of aliphatic imine (C=N–C) groups is 1. The van der Waals surface area contributed by atoms with Crippen molar-refractivity contribution >= 4 is 29.2 Å². The minimum atomic E-state index is -1.36. The molecule has 4 N–H and O–H groups in total. The number of aromatic hydroxyl groups is 1. The quantitative estimate of drug-likeness (QED) is 0.197. The van der Waals surface area contributed by atoms with E-state index in [-0.39, 0.29) is 75.3 Å². The number of benzene rings is 1. The first-order chi connectivity index (χ1) is 27.3. The number of aliphatic hydroxyl groups is 1. The molecule has 6 aliphatic rings. The molecule has 5 heterocycles. The Labute approximate surface area is 342 Å². The summed E-state index contributed by atoms with van der Waals surface area (Å²) in [6.07, 6.45) is 10.6. The van der Waals surface area contributed by atoms with Crippen LogP contribution in [0.1, 0.15) is 126 Å². The molecule has 1 fully saturated rings. The first-order valence-corrected chi connectivity index (χ1v) is 21.0. The largest absolute Gasteiger partial charge is 0.507 e. The predicted molar refractivity (Wildman–Crippen MR) is 223 cm³/mol. The normalized spacial score (nSPS) is 32.5. The Kier molecular flexibility index (Phi) is 12.3. The zero-order valence-corrected chi connectivity index (χ0v) is 35.8. The highest BCUT2D eigenvalue weighted by Gasteiger charge is 2.53. The number of nitrogens with one attached hydrogen (secondary N) is 2. The average Bonchev–Trinajstić information content (AvgIpc) is 3.66. The second kappa shape index (κ2) is 16.6. The van der Waals surface area contributed by atoms with Crippen LogP contribution < -0.4 is 15.4 Å². The number of allylic oxidation sites excluding steroid dienone is 6. The molecule has 12 heteroatoms. The molecule has 7 atom stereocenters. The van der Waals surface area contributed by atoms with E-state index in [1.165, 1.54) is 6.92 Å². The van der Waals surface area contributed by atoms with Crippen LogP contribution in [0.3, 0.4) is 0 Å². The Morgan fingerprint density at radius 1 is 1.03 bits per heavy atom. The van der Waals surface area contributed by atoms with Gasteiger partial charge >= 0.3 is 5.97 Å². The van der Waals surface area contributed by atoms with Crippen LogP contribution in [-0.2, 0) is 14.3 Å². The molecule has 12 nitrogen and oxygen atoms in total. The van der Waals surface area contributed by atoms with Crippen molar-refractivity contribution in [1.82, 2.24) is 15.5 Å². The van der Waals surface area contributed by atoms with E-state index in [0.29, 0.717) is 48.6 Å². The lowest BCUT2D eigenvalue weighted by atomic mass is 9.80. The molecule has 5 bridgehead atoms. The van der Waals surface area contributed by atoms with Gasteiger partial charge in [-0.05, 0) is 57.3 Å². The fraction of sp³-hybridized carbons (Fsp3) is 0.587. The summed E-state index contributed by atoms with van der Waals surface area (Å²) >= 11 is 0. The first-order valence-electron chi connectivity index (χ1n) is 21.0. The van der Waals surface area contributed by atoms with E-state index >= 15 is 0 Å². The van der Waals surface area contributed by atoms with Crippen molar-refractivity contribution < 1.29 is 38.9 Å². The van der Waals surface area contributed by atoms with Gasteiger partial charge in [0, 0.05) is 68.4 Å². The van der Waals surface area contributed by atoms with Crippen LogP contribution in [0.15, 0.2) is 52.3 Å². The summed E-state index contributed by atoms with van der Waals surface area (Å²) in [4.78, 5) is 63.2. The van der Waals surface area contributed by atoms with Crippen molar-refractivity contribution in [1.29, 1.82) is 0 Å². The van der Waals surface area contributed by atoms with Crippen LogP contribution in [0.25, 0.3) is 0 Å². The van der Waals surface area contributed by atoms with Crippen molar-refractivity contribution in [3.63, 3.8) is 0 Å². The monoisotopic (exact) mass is 798 g/mol. The van der Waals surface area contributed by atoms with Crippen molar-refractivity contribution in [3.8, 4) is 11.5 Å². The molecule has 0 aromatic heterocycles. The summed E-state index contributed by atoms with van der Waals surface area (Å²) in [7, 11) is 0. The number of phenols is 1. The number of ketones is 2. The molecule has 58 heavy (non-hydrogen) atoms. The van der Waals surface area contributed by atoms with Crippen molar-refractivity contribution in [2.75, 3.05) is 19.6 Å². The molecule has 1 aromatic carbocycles. The number of ether oxygens (including phenoxy) is 2. The zero-order valence-electron chi connectivity index (χ0n) is 35.8. The minimum absolute atomic E-state index is 0.0258. The molecule has 1 aromatic rings. The number of likely N-dealkylation sites (tertiary alicyclic amines) is 1. The van der Waals surface area contributed by atoms with Crippen LogP contribution in [0.5, 0.6) is 11.5 Å². The molecule has 5 aliphatic heterocycles. The number of aliphatic hydroxyl groups excluding tert-OH is 1. The minimum Gasteiger partial charge on any atom is -0.507 e. The highest BCUT2D eigenvalue weighted by atomic mass is 16.5. The number of hydrogen-bond donors (Lipinski definition) is 4. The van der Waals surface area contributed by atoms with Gasteiger partial charge in [-0.1, -0.05) is 71.9 Å². The molecular weight excluding hydrogens is 737 g/mol. The number of Topliss-reactive ketones (excluding diaryl/α,β-unsaturated/α-hetero) is 2. The number of carbonyl (C=O) groups excluding carboxylic acids is 4. The van der Waals surface area contributed by atoms with Crippen LogP contribution in [-0.4, -0.2) is 87.4 Å². The SMILES string of the molecule is CC(=O)O[C@H]1[C@H](C)[C@H](O)[C@H](C)C[C@@H](C)/C=C/C=C(/C)C(=O)NC2=C3NC4(CCN(CC(C)C)CC4)N=C3c3c(c(O)c(C)c4c3C(=O)[C@@](C)(C/C=C/C[C@H]1C)O4)C2=O. The van der Waals surface area contributed by atoms with Gasteiger partial charge in [-0.3, -0.25) is 24.2 Å². The fourth-order valence-electron chi connectivity index (χ4n) is 9.36. The third-order valence-electron chi connectivity index (χ3n) is 12.7. The van der Waals surface area contributed by atoms with Gasteiger partial charge in [0.1, 0.15) is 29.0 Å². The third kappa shape index (κ3) is 8.19. The Morgan fingerprint density at radius 3 is 2.38 bits per heavy atom. The van der Waals surface area contributed by atoms with Crippen molar-refractivity contribution in [3.05, 3.63) is 69.6 Å². The van der Waals surface area contributed by atoms with Gasteiger partial charge in [0.15, 0.2) is 5.60 Å². The third-order valence-corrected chi connectivity index (χ3v) is 12.7. The highest BCUT2D eigenvalue weighted by Crippen LogP contribution is 2.50. The summed E-state index contributed by atoms with van der Waals surface area (Å²) in [6.45, 7) is 21.1. The van der Waals surface area contributed by atoms with E-state index in [2.05, 4.69) is 29.4 Å². The predicted octanol–water partition coefficient (Wildman–Crippen LogP) is 6.48. The summed E-state index contributed by atoms with van der Waals surface area (Å²) in [5.74, 6) is -2.09. The van der Waals surface area contributed by atoms with Crippen LogP contribution >= 0.6 is 0 Å². The maximum atomic E-state index is 14.7. The van der Waals surface area contributed by atoms with Crippen LogP contribution in [0.4, 0.5) is 0 Å². The highest BCUT2D eigenvalue weighted by molar-refractivity contribution is 6.34. The maximum absolute atomic E-state index is 14.7. The summed E-state index contributed by atoms with van der Waals surface area (Å²) in [5, 5.41) is 29.7.